The predicted molar refractivity (Wildman–Crippen MR) is 104 cm³/mol. The van der Waals surface area contributed by atoms with Crippen molar-refractivity contribution in [2.24, 2.45) is 5.92 Å². The molecular weight excluding hydrogens is 328 g/mol. The van der Waals surface area contributed by atoms with Crippen LogP contribution in [0.15, 0.2) is 30.5 Å². The van der Waals surface area contributed by atoms with Crippen molar-refractivity contribution in [2.45, 2.75) is 52.5 Å². The summed E-state index contributed by atoms with van der Waals surface area (Å²) < 4.78 is 0. The molecule has 0 N–H and O–H groups in total. The summed E-state index contributed by atoms with van der Waals surface area (Å²) in [5.41, 5.74) is 2.25. The lowest BCUT2D eigenvalue weighted by Gasteiger charge is -2.31. The molecule has 0 bridgehead atoms. The summed E-state index contributed by atoms with van der Waals surface area (Å²) in [4.78, 5) is 21.0. The SMILES string of the molecule is Cc1ncc(CN2CCC[C@@H](C(=O)c3ccc(C(C)(C)C)cc3)C2)s1. The van der Waals surface area contributed by atoms with Crippen molar-refractivity contribution in [3.63, 3.8) is 0 Å². The van der Waals surface area contributed by atoms with Gasteiger partial charge in [-0.3, -0.25) is 9.69 Å². The van der Waals surface area contributed by atoms with Crippen LogP contribution >= 0.6 is 11.3 Å². The quantitative estimate of drug-likeness (QED) is 0.735. The molecule has 2 aromatic rings. The fourth-order valence-corrected chi connectivity index (χ4v) is 4.32. The number of aryl methyl sites for hydroxylation is 1. The molecule has 0 spiro atoms. The Labute approximate surface area is 155 Å². The van der Waals surface area contributed by atoms with Gasteiger partial charge in [0.1, 0.15) is 0 Å². The van der Waals surface area contributed by atoms with Gasteiger partial charge in [0.2, 0.25) is 0 Å². The first kappa shape index (κ1) is 18.3. The molecule has 134 valence electrons. The van der Waals surface area contributed by atoms with Crippen LogP contribution in [0.1, 0.15) is 59.4 Å². The summed E-state index contributed by atoms with van der Waals surface area (Å²) in [7, 11) is 0. The van der Waals surface area contributed by atoms with Gasteiger partial charge in [-0.15, -0.1) is 11.3 Å². The van der Waals surface area contributed by atoms with Crippen molar-refractivity contribution >= 4 is 17.1 Å². The van der Waals surface area contributed by atoms with Crippen LogP contribution in [0.2, 0.25) is 0 Å². The number of nitrogens with zero attached hydrogens (tertiary/aromatic N) is 2. The average Bonchev–Trinajstić information content (AvgIpc) is 2.98. The maximum Gasteiger partial charge on any atom is 0.167 e. The molecule has 1 aliphatic rings. The van der Waals surface area contributed by atoms with Gasteiger partial charge in [-0.25, -0.2) is 4.98 Å². The molecule has 25 heavy (non-hydrogen) atoms. The third kappa shape index (κ3) is 4.56. The Balaban J connectivity index is 1.65. The first-order valence-corrected chi connectivity index (χ1v) is 9.93. The van der Waals surface area contributed by atoms with Gasteiger partial charge in [0, 0.05) is 35.6 Å². The van der Waals surface area contributed by atoms with E-state index in [1.807, 2.05) is 25.3 Å². The maximum absolute atomic E-state index is 12.9. The number of hydrogen-bond donors (Lipinski definition) is 0. The molecule has 2 heterocycles. The van der Waals surface area contributed by atoms with Gasteiger partial charge in [-0.2, -0.15) is 0 Å². The number of hydrogen-bond acceptors (Lipinski definition) is 4. The monoisotopic (exact) mass is 356 g/mol. The molecule has 0 aliphatic carbocycles. The lowest BCUT2D eigenvalue weighted by Crippen LogP contribution is -2.38. The fourth-order valence-electron chi connectivity index (χ4n) is 3.48. The Kier molecular flexibility index (Phi) is 5.40. The lowest BCUT2D eigenvalue weighted by molar-refractivity contribution is 0.0812. The van der Waals surface area contributed by atoms with E-state index in [-0.39, 0.29) is 11.3 Å². The highest BCUT2D eigenvalue weighted by molar-refractivity contribution is 7.11. The van der Waals surface area contributed by atoms with Crippen LogP contribution in [0.3, 0.4) is 0 Å². The molecule has 1 aromatic carbocycles. The van der Waals surface area contributed by atoms with Crippen molar-refractivity contribution in [3.8, 4) is 0 Å². The highest BCUT2D eigenvalue weighted by Gasteiger charge is 2.27. The average molecular weight is 357 g/mol. The summed E-state index contributed by atoms with van der Waals surface area (Å²) in [6.45, 7) is 11.5. The van der Waals surface area contributed by atoms with E-state index >= 15 is 0 Å². The Morgan fingerprint density at radius 3 is 2.60 bits per heavy atom. The van der Waals surface area contributed by atoms with Crippen molar-refractivity contribution in [1.29, 1.82) is 0 Å². The summed E-state index contributed by atoms with van der Waals surface area (Å²) in [6.07, 6.45) is 4.06. The van der Waals surface area contributed by atoms with Crippen LogP contribution in [0.4, 0.5) is 0 Å². The molecule has 3 rings (SSSR count). The minimum absolute atomic E-state index is 0.114. The summed E-state index contributed by atoms with van der Waals surface area (Å²) >= 11 is 1.75. The fraction of sp³-hybridized carbons (Fsp3) is 0.524. The van der Waals surface area contributed by atoms with Gasteiger partial charge in [-0.05, 0) is 37.3 Å². The Hall–Kier alpha value is -1.52. The number of rotatable bonds is 4. The molecule has 1 aliphatic heterocycles. The van der Waals surface area contributed by atoms with Crippen LogP contribution in [-0.2, 0) is 12.0 Å². The smallest absolute Gasteiger partial charge is 0.167 e. The van der Waals surface area contributed by atoms with Gasteiger partial charge < -0.3 is 0 Å². The predicted octanol–water partition coefficient (Wildman–Crippen LogP) is 4.84. The van der Waals surface area contributed by atoms with Gasteiger partial charge >= 0.3 is 0 Å². The van der Waals surface area contributed by atoms with Crippen LogP contribution in [-0.4, -0.2) is 28.8 Å². The Morgan fingerprint density at radius 2 is 2.00 bits per heavy atom. The van der Waals surface area contributed by atoms with E-state index < -0.39 is 0 Å². The highest BCUT2D eigenvalue weighted by Crippen LogP contribution is 2.26. The summed E-state index contributed by atoms with van der Waals surface area (Å²) in [6, 6.07) is 8.23. The minimum atomic E-state index is 0.114. The number of benzene rings is 1. The first-order valence-electron chi connectivity index (χ1n) is 9.11. The van der Waals surface area contributed by atoms with Crippen molar-refractivity contribution < 1.29 is 4.79 Å². The van der Waals surface area contributed by atoms with Gasteiger partial charge in [0.05, 0.1) is 5.01 Å². The highest BCUT2D eigenvalue weighted by atomic mass is 32.1. The number of carbonyl (C=O) groups is 1. The van der Waals surface area contributed by atoms with E-state index in [0.29, 0.717) is 5.78 Å². The second-order valence-electron chi connectivity index (χ2n) is 8.11. The molecule has 0 saturated carbocycles. The van der Waals surface area contributed by atoms with Crippen molar-refractivity contribution in [2.75, 3.05) is 13.1 Å². The molecule has 3 nitrogen and oxygen atoms in total. The number of thiazole rings is 1. The number of likely N-dealkylation sites (tertiary alicyclic amines) is 1. The maximum atomic E-state index is 12.9. The zero-order chi connectivity index (χ0) is 18.0. The lowest BCUT2D eigenvalue weighted by atomic mass is 9.85. The number of aromatic nitrogens is 1. The largest absolute Gasteiger partial charge is 0.297 e. The summed E-state index contributed by atoms with van der Waals surface area (Å²) in [5, 5.41) is 1.11. The molecule has 1 saturated heterocycles. The van der Waals surface area contributed by atoms with E-state index in [1.165, 1.54) is 10.4 Å². The van der Waals surface area contributed by atoms with Crippen molar-refractivity contribution in [3.05, 3.63) is 51.5 Å². The molecule has 1 fully saturated rings. The van der Waals surface area contributed by atoms with E-state index in [2.05, 4.69) is 42.8 Å². The molecule has 4 heteroatoms. The topological polar surface area (TPSA) is 33.2 Å². The number of carbonyl (C=O) groups excluding carboxylic acids is 1. The van der Waals surface area contributed by atoms with Crippen LogP contribution in [0.25, 0.3) is 0 Å². The standard InChI is InChI=1S/C21H28N2OS/c1-15-22-12-19(25-15)14-23-11-5-6-17(13-23)20(24)16-7-9-18(10-8-16)21(2,3)4/h7-10,12,17H,5-6,11,13-14H2,1-4H3/t17-/m1/s1. The number of piperidine rings is 1. The summed E-state index contributed by atoms with van der Waals surface area (Å²) in [5.74, 6) is 0.411. The van der Waals surface area contributed by atoms with E-state index in [1.54, 1.807) is 11.3 Å². The van der Waals surface area contributed by atoms with Crippen LogP contribution in [0.5, 0.6) is 0 Å². The third-order valence-corrected chi connectivity index (χ3v) is 5.86. The van der Waals surface area contributed by atoms with Crippen LogP contribution < -0.4 is 0 Å². The zero-order valence-electron chi connectivity index (χ0n) is 15.7. The Morgan fingerprint density at radius 1 is 1.28 bits per heavy atom. The molecule has 1 aromatic heterocycles. The molecule has 0 amide bonds. The van der Waals surface area contributed by atoms with Crippen LogP contribution in [0, 0.1) is 12.8 Å². The molecule has 0 radical (unpaired) electrons. The van der Waals surface area contributed by atoms with Gasteiger partial charge in [-0.1, -0.05) is 45.0 Å². The number of ketones is 1. The molecule has 1 atom stereocenters. The Bertz CT molecular complexity index is 727. The molecule has 0 unspecified atom stereocenters. The van der Waals surface area contributed by atoms with E-state index in [0.717, 1.165) is 43.0 Å². The van der Waals surface area contributed by atoms with Crippen molar-refractivity contribution in [1.82, 2.24) is 9.88 Å². The first-order chi connectivity index (χ1) is 11.8. The normalized spacial score (nSPS) is 19.1. The molecular formula is C21H28N2OS. The van der Waals surface area contributed by atoms with E-state index in [4.69, 9.17) is 0 Å². The zero-order valence-corrected chi connectivity index (χ0v) is 16.5. The minimum Gasteiger partial charge on any atom is -0.297 e. The van der Waals surface area contributed by atoms with Gasteiger partial charge in [0.25, 0.3) is 0 Å². The second-order valence-corrected chi connectivity index (χ2v) is 9.43. The second kappa shape index (κ2) is 7.38. The van der Waals surface area contributed by atoms with E-state index in [9.17, 15) is 4.79 Å². The van der Waals surface area contributed by atoms with Gasteiger partial charge in [0.15, 0.2) is 5.78 Å². The third-order valence-electron chi connectivity index (χ3n) is 4.96. The number of Topliss-reactive ketones (excluding diaryl/α,β-unsaturated/α-hetero) is 1.